The van der Waals surface area contributed by atoms with Crippen molar-refractivity contribution in [3.8, 4) is 11.4 Å². The number of allylic oxidation sites excluding steroid dienone is 8. The zero-order valence-corrected chi connectivity index (χ0v) is 22.6. The fraction of sp³-hybridized carbons (Fsp3) is 0.281. The number of H-pyrrole nitrogens is 1. The second kappa shape index (κ2) is 9.48. The Kier molecular flexibility index (Phi) is 5.89. The van der Waals surface area contributed by atoms with E-state index in [1.165, 1.54) is 5.57 Å². The second-order valence-electron chi connectivity index (χ2n) is 11.1. The Hall–Kier alpha value is -4.17. The first kappa shape index (κ1) is 24.8. The van der Waals surface area contributed by atoms with Gasteiger partial charge in [-0.2, -0.15) is 0 Å². The van der Waals surface area contributed by atoms with E-state index in [-0.39, 0.29) is 13.0 Å². The van der Waals surface area contributed by atoms with Crippen LogP contribution < -0.4 is 0 Å². The average molecular weight is 537 g/mol. The van der Waals surface area contributed by atoms with E-state index in [0.717, 1.165) is 74.3 Å². The standard InChI is InChI=1S/C32H30F2N6/c1-20-7-8-23(14-21(13-20)17-40-12-10-32(33,34)19-40)24-15-25-26(18-39(2)31(25)36-16-24)30-37-27-9-11-35-28(29(27)38-30)22-5-3-4-6-22/h3,5-6,8-9,11,13-16,18H,4,7,10,12,17,19H2,1-2H3,(H,37,38). The Labute approximate surface area is 231 Å². The van der Waals surface area contributed by atoms with E-state index in [9.17, 15) is 8.78 Å². The van der Waals surface area contributed by atoms with Crippen molar-refractivity contribution in [1.82, 2.24) is 29.4 Å². The molecular formula is C32H30F2N6. The number of aromatic amines is 1. The van der Waals surface area contributed by atoms with Crippen LogP contribution >= 0.6 is 0 Å². The number of imidazole rings is 1. The molecule has 0 radical (unpaired) electrons. The Bertz CT molecular complexity index is 1810. The topological polar surface area (TPSA) is 62.6 Å². The first-order chi connectivity index (χ1) is 19.3. The van der Waals surface area contributed by atoms with Crippen LogP contribution in [0.25, 0.3) is 44.6 Å². The number of pyridine rings is 2. The van der Waals surface area contributed by atoms with E-state index < -0.39 is 5.92 Å². The van der Waals surface area contributed by atoms with Gasteiger partial charge in [-0.25, -0.2) is 18.7 Å². The minimum atomic E-state index is -2.60. The maximum absolute atomic E-state index is 13.8. The Morgan fingerprint density at radius 2 is 2.02 bits per heavy atom. The van der Waals surface area contributed by atoms with Gasteiger partial charge >= 0.3 is 0 Å². The summed E-state index contributed by atoms with van der Waals surface area (Å²) in [5.41, 5.74) is 9.90. The summed E-state index contributed by atoms with van der Waals surface area (Å²) in [6.07, 6.45) is 20.3. The number of aromatic nitrogens is 5. The molecule has 4 aromatic heterocycles. The van der Waals surface area contributed by atoms with Crippen LogP contribution in [0.15, 0.2) is 78.3 Å². The van der Waals surface area contributed by atoms with Crippen LogP contribution in [0.2, 0.25) is 0 Å². The van der Waals surface area contributed by atoms with E-state index >= 15 is 0 Å². The maximum Gasteiger partial charge on any atom is 0.261 e. The first-order valence-electron chi connectivity index (χ1n) is 13.7. The van der Waals surface area contributed by atoms with Gasteiger partial charge in [0, 0.05) is 61.7 Å². The molecular weight excluding hydrogens is 506 g/mol. The number of hydrogen-bond acceptors (Lipinski definition) is 4. The molecule has 1 saturated heterocycles. The van der Waals surface area contributed by atoms with Crippen LogP contribution in [-0.4, -0.2) is 55.0 Å². The highest BCUT2D eigenvalue weighted by molar-refractivity contribution is 5.98. The van der Waals surface area contributed by atoms with Gasteiger partial charge in [0.15, 0.2) is 0 Å². The molecule has 7 rings (SSSR count). The summed E-state index contributed by atoms with van der Waals surface area (Å²) in [7, 11) is 1.99. The molecule has 0 atom stereocenters. The number of aryl methyl sites for hydroxylation is 1. The fourth-order valence-corrected chi connectivity index (χ4v) is 5.95. The van der Waals surface area contributed by atoms with Crippen LogP contribution in [0.3, 0.4) is 0 Å². The van der Waals surface area contributed by atoms with E-state index in [2.05, 4.69) is 65.6 Å². The zero-order chi connectivity index (χ0) is 27.4. The van der Waals surface area contributed by atoms with Crippen molar-refractivity contribution in [1.29, 1.82) is 0 Å². The van der Waals surface area contributed by atoms with Crippen LogP contribution in [0.5, 0.6) is 0 Å². The number of fused-ring (bicyclic) bond motifs is 2. The Morgan fingerprint density at radius 1 is 1.12 bits per heavy atom. The summed E-state index contributed by atoms with van der Waals surface area (Å²) < 4.78 is 29.7. The van der Waals surface area contributed by atoms with E-state index in [4.69, 9.17) is 9.97 Å². The van der Waals surface area contributed by atoms with Gasteiger partial charge in [0.05, 0.1) is 17.8 Å². The minimum Gasteiger partial charge on any atom is -0.338 e. The average Bonchev–Trinajstić information content (AvgIpc) is 3.71. The zero-order valence-electron chi connectivity index (χ0n) is 22.6. The van der Waals surface area contributed by atoms with Crippen molar-refractivity contribution in [2.24, 2.45) is 7.05 Å². The molecule has 0 aromatic carbocycles. The third-order valence-corrected chi connectivity index (χ3v) is 7.92. The van der Waals surface area contributed by atoms with Gasteiger partial charge in [-0.15, -0.1) is 0 Å². The van der Waals surface area contributed by atoms with Gasteiger partial charge in [-0.05, 0) is 48.6 Å². The number of alkyl halides is 2. The van der Waals surface area contributed by atoms with Crippen LogP contribution in [-0.2, 0) is 7.05 Å². The van der Waals surface area contributed by atoms with Crippen LogP contribution in [0.4, 0.5) is 8.78 Å². The van der Waals surface area contributed by atoms with E-state index in [1.807, 2.05) is 35.0 Å². The molecule has 5 heterocycles. The summed E-state index contributed by atoms with van der Waals surface area (Å²) in [5, 5.41) is 0.998. The van der Waals surface area contributed by atoms with Gasteiger partial charge in [-0.1, -0.05) is 42.0 Å². The maximum atomic E-state index is 13.8. The van der Waals surface area contributed by atoms with Gasteiger partial charge < -0.3 is 9.55 Å². The molecule has 4 aromatic rings. The highest BCUT2D eigenvalue weighted by Gasteiger charge is 2.38. The fourth-order valence-electron chi connectivity index (χ4n) is 5.95. The van der Waals surface area contributed by atoms with Crippen molar-refractivity contribution in [3.63, 3.8) is 0 Å². The lowest BCUT2D eigenvalue weighted by molar-refractivity contribution is 0.0131. The molecule has 0 saturated carbocycles. The molecule has 1 aliphatic heterocycles. The highest BCUT2D eigenvalue weighted by atomic mass is 19.3. The predicted molar refractivity (Wildman–Crippen MR) is 156 cm³/mol. The highest BCUT2D eigenvalue weighted by Crippen LogP contribution is 2.34. The number of halogens is 2. The molecule has 202 valence electrons. The summed E-state index contributed by atoms with van der Waals surface area (Å²) in [6, 6.07) is 4.12. The monoisotopic (exact) mass is 536 g/mol. The summed E-state index contributed by atoms with van der Waals surface area (Å²) >= 11 is 0. The molecule has 2 aliphatic carbocycles. The smallest absolute Gasteiger partial charge is 0.261 e. The molecule has 0 amide bonds. The van der Waals surface area contributed by atoms with Crippen LogP contribution in [0.1, 0.15) is 37.4 Å². The predicted octanol–water partition coefficient (Wildman–Crippen LogP) is 6.86. The summed E-state index contributed by atoms with van der Waals surface area (Å²) in [4.78, 5) is 19.8. The third-order valence-electron chi connectivity index (χ3n) is 7.92. The number of rotatable bonds is 5. The van der Waals surface area contributed by atoms with Crippen molar-refractivity contribution < 1.29 is 8.78 Å². The van der Waals surface area contributed by atoms with Crippen molar-refractivity contribution in [2.75, 3.05) is 19.6 Å². The van der Waals surface area contributed by atoms with Gasteiger partial charge in [-0.3, -0.25) is 9.88 Å². The lowest BCUT2D eigenvalue weighted by Crippen LogP contribution is -2.26. The molecule has 1 fully saturated rings. The molecule has 0 unspecified atom stereocenters. The molecule has 0 spiro atoms. The summed E-state index contributed by atoms with van der Waals surface area (Å²) in [5.74, 6) is -1.82. The third kappa shape index (κ3) is 4.52. The molecule has 8 heteroatoms. The molecule has 3 aliphatic rings. The van der Waals surface area contributed by atoms with Gasteiger partial charge in [0.1, 0.15) is 17.0 Å². The van der Waals surface area contributed by atoms with Gasteiger partial charge in [0.25, 0.3) is 5.92 Å². The second-order valence-corrected chi connectivity index (χ2v) is 11.1. The quantitative estimate of drug-likeness (QED) is 0.303. The number of nitrogens with zero attached hydrogens (tertiary/aromatic N) is 5. The lowest BCUT2D eigenvalue weighted by atomic mass is 10.0. The molecule has 0 bridgehead atoms. The molecule has 40 heavy (non-hydrogen) atoms. The summed E-state index contributed by atoms with van der Waals surface area (Å²) in [6.45, 7) is 2.83. The van der Waals surface area contributed by atoms with Crippen LogP contribution in [0, 0.1) is 0 Å². The number of nitrogens with one attached hydrogen (secondary N) is 1. The molecule has 6 nitrogen and oxygen atoms in total. The largest absolute Gasteiger partial charge is 0.338 e. The van der Waals surface area contributed by atoms with E-state index in [0.29, 0.717) is 13.1 Å². The van der Waals surface area contributed by atoms with E-state index in [1.54, 1.807) is 0 Å². The Balaban J connectivity index is 1.27. The van der Waals surface area contributed by atoms with Crippen molar-refractivity contribution in [2.45, 2.75) is 32.1 Å². The lowest BCUT2D eigenvalue weighted by Gasteiger charge is -2.16. The van der Waals surface area contributed by atoms with Crippen molar-refractivity contribution in [3.05, 3.63) is 89.6 Å². The van der Waals surface area contributed by atoms with Gasteiger partial charge in [0.2, 0.25) is 0 Å². The van der Waals surface area contributed by atoms with Crippen molar-refractivity contribution >= 4 is 33.2 Å². The SMILES string of the molecule is CC1=CC(CN2CCC(F)(F)C2)=CC(c2cnc3c(c2)c(-c2nc4c(C5=CCC=C5)nccc4[nH]2)cn3C)=CC1. The first-order valence-corrected chi connectivity index (χ1v) is 13.7. The normalized spacial score (nSPS) is 19.2. The Morgan fingerprint density at radius 3 is 2.83 bits per heavy atom. The molecule has 1 N–H and O–H groups in total. The minimum absolute atomic E-state index is 0.0727. The number of likely N-dealkylation sites (tertiary alicyclic amines) is 1. The number of hydrogen-bond donors (Lipinski definition) is 1.